The molecule has 1 saturated carbocycles. The molecule has 1 amide bonds. The maximum atomic E-state index is 11.1. The zero-order chi connectivity index (χ0) is 10.4. The third-order valence-corrected chi connectivity index (χ3v) is 3.98. The molecule has 1 fully saturated rings. The highest BCUT2D eigenvalue weighted by Gasteiger charge is 2.17. The van der Waals surface area contributed by atoms with Crippen LogP contribution >= 0.6 is 0 Å². The first-order chi connectivity index (χ1) is 6.64. The molecule has 0 aromatic rings. The SMILES string of the molecule is O=CNS(=O)(=O)CCC1CCCCC1. The van der Waals surface area contributed by atoms with E-state index in [-0.39, 0.29) is 12.2 Å². The molecule has 1 aliphatic carbocycles. The number of nitrogens with one attached hydrogen (secondary N) is 1. The first-order valence-corrected chi connectivity index (χ1v) is 6.73. The summed E-state index contributed by atoms with van der Waals surface area (Å²) in [5, 5.41) is 0. The summed E-state index contributed by atoms with van der Waals surface area (Å²) in [4.78, 5) is 9.98. The fraction of sp³-hybridized carbons (Fsp3) is 0.889. The molecule has 0 aromatic heterocycles. The van der Waals surface area contributed by atoms with Crippen LogP contribution in [0.2, 0.25) is 0 Å². The molecule has 0 radical (unpaired) electrons. The summed E-state index contributed by atoms with van der Waals surface area (Å²) in [5.41, 5.74) is 0. The minimum absolute atomic E-state index is 0.0798. The van der Waals surface area contributed by atoms with Gasteiger partial charge in [-0.2, -0.15) is 0 Å². The van der Waals surface area contributed by atoms with Crippen molar-refractivity contribution in [3.8, 4) is 0 Å². The Kier molecular flexibility index (Phi) is 4.38. The number of rotatable bonds is 5. The summed E-state index contributed by atoms with van der Waals surface area (Å²) in [6, 6.07) is 0. The number of carbonyl (C=O) groups excluding carboxylic acids is 1. The Morgan fingerprint density at radius 3 is 2.43 bits per heavy atom. The molecule has 82 valence electrons. The lowest BCUT2D eigenvalue weighted by molar-refractivity contribution is -0.108. The topological polar surface area (TPSA) is 63.2 Å². The molecule has 0 unspecified atom stereocenters. The van der Waals surface area contributed by atoms with Gasteiger partial charge in [-0.25, -0.2) is 8.42 Å². The molecule has 0 bridgehead atoms. The second-order valence-electron chi connectivity index (χ2n) is 3.85. The minimum atomic E-state index is -3.35. The predicted octanol–water partition coefficient (Wildman–Crippen LogP) is 1.03. The molecular weight excluding hydrogens is 202 g/mol. The Balaban J connectivity index is 2.28. The molecule has 0 atom stereocenters. The van der Waals surface area contributed by atoms with Crippen molar-refractivity contribution >= 4 is 16.4 Å². The standard InChI is InChI=1S/C9H17NO3S/c11-8-10-14(12,13)7-6-9-4-2-1-3-5-9/h8-9H,1-7H2,(H,10,11). The Morgan fingerprint density at radius 2 is 1.86 bits per heavy atom. The summed E-state index contributed by atoms with van der Waals surface area (Å²) >= 11 is 0. The van der Waals surface area contributed by atoms with Crippen LogP contribution in [0.25, 0.3) is 0 Å². The average Bonchev–Trinajstić information content (AvgIpc) is 2.17. The highest BCUT2D eigenvalue weighted by molar-refractivity contribution is 7.89. The highest BCUT2D eigenvalue weighted by Crippen LogP contribution is 2.26. The van der Waals surface area contributed by atoms with Gasteiger partial charge in [0.05, 0.1) is 5.75 Å². The summed E-state index contributed by atoms with van der Waals surface area (Å²) in [6.45, 7) is 0. The summed E-state index contributed by atoms with van der Waals surface area (Å²) in [6.07, 6.45) is 6.89. The van der Waals surface area contributed by atoms with Crippen molar-refractivity contribution in [2.75, 3.05) is 5.75 Å². The van der Waals surface area contributed by atoms with Gasteiger partial charge < -0.3 is 0 Å². The normalized spacial score (nSPS) is 19.1. The Labute approximate surface area is 85.1 Å². The number of hydrogen-bond acceptors (Lipinski definition) is 3. The van der Waals surface area contributed by atoms with E-state index in [1.165, 1.54) is 19.3 Å². The van der Waals surface area contributed by atoms with E-state index < -0.39 is 10.0 Å². The summed E-state index contributed by atoms with van der Waals surface area (Å²) < 4.78 is 24.1. The molecule has 4 nitrogen and oxygen atoms in total. The van der Waals surface area contributed by atoms with E-state index in [2.05, 4.69) is 0 Å². The first kappa shape index (κ1) is 11.5. The number of sulfonamides is 1. The van der Waals surface area contributed by atoms with E-state index in [9.17, 15) is 13.2 Å². The van der Waals surface area contributed by atoms with Gasteiger partial charge in [-0.3, -0.25) is 9.52 Å². The van der Waals surface area contributed by atoms with Crippen LogP contribution in [0.3, 0.4) is 0 Å². The highest BCUT2D eigenvalue weighted by atomic mass is 32.2. The van der Waals surface area contributed by atoms with Crippen molar-refractivity contribution in [1.82, 2.24) is 4.72 Å². The van der Waals surface area contributed by atoms with Gasteiger partial charge in [-0.05, 0) is 12.3 Å². The van der Waals surface area contributed by atoms with E-state index >= 15 is 0 Å². The minimum Gasteiger partial charge on any atom is -0.278 e. The average molecular weight is 219 g/mol. The molecule has 1 rings (SSSR count). The molecule has 0 aromatic carbocycles. The molecule has 0 spiro atoms. The third kappa shape index (κ3) is 4.09. The van der Waals surface area contributed by atoms with Gasteiger partial charge in [-0.1, -0.05) is 32.1 Å². The lowest BCUT2D eigenvalue weighted by Gasteiger charge is -2.20. The number of carbonyl (C=O) groups is 1. The monoisotopic (exact) mass is 219 g/mol. The molecule has 1 N–H and O–H groups in total. The van der Waals surface area contributed by atoms with E-state index in [4.69, 9.17) is 0 Å². The molecule has 14 heavy (non-hydrogen) atoms. The maximum Gasteiger partial charge on any atom is 0.234 e. The van der Waals surface area contributed by atoms with Crippen LogP contribution in [-0.2, 0) is 14.8 Å². The van der Waals surface area contributed by atoms with Gasteiger partial charge in [0.25, 0.3) is 0 Å². The van der Waals surface area contributed by atoms with Gasteiger partial charge in [0.15, 0.2) is 0 Å². The first-order valence-electron chi connectivity index (χ1n) is 5.08. The fourth-order valence-corrected chi connectivity index (χ4v) is 2.84. The largest absolute Gasteiger partial charge is 0.278 e. The Bertz CT molecular complexity index is 268. The van der Waals surface area contributed by atoms with Gasteiger partial charge in [-0.15, -0.1) is 0 Å². The second-order valence-corrected chi connectivity index (χ2v) is 5.72. The van der Waals surface area contributed by atoms with Crippen LogP contribution in [0.4, 0.5) is 0 Å². The number of amides is 1. The zero-order valence-electron chi connectivity index (χ0n) is 8.24. The van der Waals surface area contributed by atoms with Gasteiger partial charge in [0.1, 0.15) is 0 Å². The Hall–Kier alpha value is -0.580. The second kappa shape index (κ2) is 5.34. The summed E-state index contributed by atoms with van der Waals surface area (Å²) in [5.74, 6) is 0.614. The molecule has 1 aliphatic rings. The van der Waals surface area contributed by atoms with E-state index in [0.717, 1.165) is 12.8 Å². The quantitative estimate of drug-likeness (QED) is 0.702. The van der Waals surface area contributed by atoms with E-state index in [0.29, 0.717) is 12.3 Å². The van der Waals surface area contributed by atoms with Crippen molar-refractivity contribution in [2.45, 2.75) is 38.5 Å². The van der Waals surface area contributed by atoms with Crippen LogP contribution < -0.4 is 4.72 Å². The van der Waals surface area contributed by atoms with Crippen LogP contribution in [0.5, 0.6) is 0 Å². The van der Waals surface area contributed by atoms with Crippen molar-refractivity contribution in [2.24, 2.45) is 5.92 Å². The van der Waals surface area contributed by atoms with Crippen LogP contribution in [-0.4, -0.2) is 20.6 Å². The van der Waals surface area contributed by atoms with Crippen molar-refractivity contribution in [1.29, 1.82) is 0 Å². The van der Waals surface area contributed by atoms with Crippen molar-refractivity contribution in [3.63, 3.8) is 0 Å². The van der Waals surface area contributed by atoms with Gasteiger partial charge in [0.2, 0.25) is 16.4 Å². The molecule has 0 saturated heterocycles. The van der Waals surface area contributed by atoms with Gasteiger partial charge >= 0.3 is 0 Å². The van der Waals surface area contributed by atoms with E-state index in [1.54, 1.807) is 0 Å². The maximum absolute atomic E-state index is 11.1. The number of hydrogen-bond donors (Lipinski definition) is 1. The fourth-order valence-electron chi connectivity index (χ4n) is 1.93. The van der Waals surface area contributed by atoms with Crippen LogP contribution in [0.1, 0.15) is 38.5 Å². The van der Waals surface area contributed by atoms with Crippen molar-refractivity contribution < 1.29 is 13.2 Å². The third-order valence-electron chi connectivity index (χ3n) is 2.75. The lowest BCUT2D eigenvalue weighted by Crippen LogP contribution is -2.26. The Morgan fingerprint density at radius 1 is 1.21 bits per heavy atom. The molecule has 0 aliphatic heterocycles. The molecule has 0 heterocycles. The van der Waals surface area contributed by atoms with Crippen molar-refractivity contribution in [3.05, 3.63) is 0 Å². The smallest absolute Gasteiger partial charge is 0.234 e. The van der Waals surface area contributed by atoms with Crippen LogP contribution in [0, 0.1) is 5.92 Å². The predicted molar refractivity (Wildman–Crippen MR) is 54.2 cm³/mol. The summed E-state index contributed by atoms with van der Waals surface area (Å²) in [7, 11) is -3.35. The lowest BCUT2D eigenvalue weighted by atomic mass is 9.88. The van der Waals surface area contributed by atoms with E-state index in [1.807, 2.05) is 4.72 Å². The van der Waals surface area contributed by atoms with Crippen LogP contribution in [0.15, 0.2) is 0 Å². The molecular formula is C9H17NO3S. The zero-order valence-corrected chi connectivity index (χ0v) is 9.05. The molecule has 5 heteroatoms. The van der Waals surface area contributed by atoms with Gasteiger partial charge in [0, 0.05) is 0 Å².